The smallest absolute Gasteiger partial charge is 0.407 e. The summed E-state index contributed by atoms with van der Waals surface area (Å²) < 4.78 is 0. The van der Waals surface area contributed by atoms with E-state index in [2.05, 4.69) is 10.6 Å². The van der Waals surface area contributed by atoms with Gasteiger partial charge in [-0.3, -0.25) is 14.9 Å². The van der Waals surface area contributed by atoms with E-state index in [4.69, 9.17) is 16.7 Å². The molecule has 1 atom stereocenters. The first-order valence-corrected chi connectivity index (χ1v) is 10.4. The number of aliphatic hydroxyl groups is 1. The number of nitrogens with zero attached hydrogens (tertiary/aromatic N) is 1. The van der Waals surface area contributed by atoms with Crippen molar-refractivity contribution in [1.82, 2.24) is 10.2 Å². The third-order valence-corrected chi connectivity index (χ3v) is 5.64. The molecule has 158 valence electrons. The van der Waals surface area contributed by atoms with E-state index in [0.29, 0.717) is 17.1 Å². The van der Waals surface area contributed by atoms with Crippen LogP contribution < -0.4 is 10.6 Å². The number of hydrogen-bond donors (Lipinski definition) is 4. The maximum Gasteiger partial charge on any atom is 0.407 e. The Balaban J connectivity index is 1.88. The second-order valence-corrected chi connectivity index (χ2v) is 8.06. The standard InChI is InChI=1S/C20H20ClN3O5S/c21-14-3-1-2-13(10-14)16-11-15(22-18-17(26)23-19(27)30-18)5-4-12(16)6-7-24(8-9-25)20(28)29/h1-5,10-11,18,22,25H,6-9H2,(H,28,29)(H,23,26,27). The number of amides is 3. The average Bonchev–Trinajstić information content (AvgIpc) is 3.02. The number of carbonyl (C=O) groups is 3. The molecule has 1 aliphatic heterocycles. The van der Waals surface area contributed by atoms with Crippen molar-refractivity contribution in [2.75, 3.05) is 25.0 Å². The molecule has 10 heteroatoms. The van der Waals surface area contributed by atoms with Gasteiger partial charge in [-0.2, -0.15) is 0 Å². The van der Waals surface area contributed by atoms with Crippen molar-refractivity contribution in [3.63, 3.8) is 0 Å². The zero-order chi connectivity index (χ0) is 21.7. The quantitative estimate of drug-likeness (QED) is 0.488. The third-order valence-electron chi connectivity index (χ3n) is 4.52. The van der Waals surface area contributed by atoms with Gasteiger partial charge in [-0.1, -0.05) is 29.8 Å². The summed E-state index contributed by atoms with van der Waals surface area (Å²) >= 11 is 7.02. The topological polar surface area (TPSA) is 119 Å². The lowest BCUT2D eigenvalue weighted by atomic mass is 9.96. The second-order valence-electron chi connectivity index (χ2n) is 6.54. The van der Waals surface area contributed by atoms with Gasteiger partial charge in [-0.25, -0.2) is 4.79 Å². The Kier molecular flexibility index (Phi) is 7.20. The van der Waals surface area contributed by atoms with E-state index in [1.54, 1.807) is 18.2 Å². The number of benzene rings is 2. The highest BCUT2D eigenvalue weighted by molar-refractivity contribution is 8.15. The number of hydrogen-bond acceptors (Lipinski definition) is 6. The number of thioether (sulfide) groups is 1. The number of carbonyl (C=O) groups excluding carboxylic acids is 2. The van der Waals surface area contributed by atoms with Crippen molar-refractivity contribution in [3.8, 4) is 11.1 Å². The van der Waals surface area contributed by atoms with Crippen molar-refractivity contribution in [2.45, 2.75) is 11.8 Å². The van der Waals surface area contributed by atoms with Crippen molar-refractivity contribution < 1.29 is 24.6 Å². The van der Waals surface area contributed by atoms with E-state index >= 15 is 0 Å². The minimum absolute atomic E-state index is 0.0313. The van der Waals surface area contributed by atoms with Crippen LogP contribution in [0.1, 0.15) is 5.56 Å². The molecule has 0 aromatic heterocycles. The van der Waals surface area contributed by atoms with E-state index in [-0.39, 0.29) is 19.7 Å². The van der Waals surface area contributed by atoms with E-state index < -0.39 is 22.6 Å². The Hall–Kier alpha value is -2.75. The van der Waals surface area contributed by atoms with Gasteiger partial charge >= 0.3 is 6.09 Å². The first-order valence-electron chi connectivity index (χ1n) is 9.13. The van der Waals surface area contributed by atoms with Crippen LogP contribution in [0.25, 0.3) is 11.1 Å². The van der Waals surface area contributed by atoms with Gasteiger partial charge in [0.15, 0.2) is 5.37 Å². The lowest BCUT2D eigenvalue weighted by molar-refractivity contribution is -0.118. The Morgan fingerprint density at radius 3 is 2.63 bits per heavy atom. The van der Waals surface area contributed by atoms with Gasteiger partial charge in [0.2, 0.25) is 0 Å². The summed E-state index contributed by atoms with van der Waals surface area (Å²) in [4.78, 5) is 35.7. The molecule has 8 nitrogen and oxygen atoms in total. The van der Waals surface area contributed by atoms with Gasteiger partial charge in [-0.15, -0.1) is 0 Å². The number of rotatable bonds is 8. The van der Waals surface area contributed by atoms with Crippen LogP contribution in [0.5, 0.6) is 0 Å². The molecule has 1 unspecified atom stereocenters. The first-order chi connectivity index (χ1) is 14.4. The zero-order valence-corrected chi connectivity index (χ0v) is 17.4. The summed E-state index contributed by atoms with van der Waals surface area (Å²) in [5.41, 5.74) is 3.18. The van der Waals surface area contributed by atoms with Crippen LogP contribution in [0.2, 0.25) is 5.02 Å². The summed E-state index contributed by atoms with van der Waals surface area (Å²) in [5.74, 6) is -0.403. The molecule has 0 saturated carbocycles. The maximum absolute atomic E-state index is 11.8. The molecule has 0 bridgehead atoms. The predicted molar refractivity (Wildman–Crippen MR) is 116 cm³/mol. The Bertz CT molecular complexity index is 971. The summed E-state index contributed by atoms with van der Waals surface area (Å²) in [6.45, 7) is -0.00865. The second kappa shape index (κ2) is 9.84. The first kappa shape index (κ1) is 21.9. The molecule has 0 aliphatic carbocycles. The van der Waals surface area contributed by atoms with Crippen molar-refractivity contribution in [1.29, 1.82) is 0 Å². The molecule has 3 amide bonds. The fourth-order valence-electron chi connectivity index (χ4n) is 3.09. The minimum atomic E-state index is -1.10. The molecule has 3 rings (SSSR count). The van der Waals surface area contributed by atoms with Crippen LogP contribution in [0.15, 0.2) is 42.5 Å². The molecule has 4 N–H and O–H groups in total. The summed E-state index contributed by atoms with van der Waals surface area (Å²) in [5, 5.41) is 23.0. The fraction of sp³-hybridized carbons (Fsp3) is 0.250. The van der Waals surface area contributed by atoms with Crippen molar-refractivity contribution in [2.24, 2.45) is 0 Å². The van der Waals surface area contributed by atoms with Crippen LogP contribution in [0, 0.1) is 0 Å². The van der Waals surface area contributed by atoms with E-state index in [9.17, 15) is 19.5 Å². The van der Waals surface area contributed by atoms with E-state index in [1.807, 2.05) is 24.3 Å². The monoisotopic (exact) mass is 449 g/mol. The normalized spacial score (nSPS) is 15.7. The average molecular weight is 450 g/mol. The summed E-state index contributed by atoms with van der Waals surface area (Å²) in [7, 11) is 0. The molecule has 0 radical (unpaired) electrons. The highest BCUT2D eigenvalue weighted by Crippen LogP contribution is 2.31. The lowest BCUT2D eigenvalue weighted by Gasteiger charge is -2.20. The number of halogens is 1. The number of aliphatic hydroxyl groups excluding tert-OH is 1. The Morgan fingerprint density at radius 2 is 2.00 bits per heavy atom. The maximum atomic E-state index is 11.8. The molecule has 1 aliphatic rings. The van der Waals surface area contributed by atoms with Gasteiger partial charge in [-0.05, 0) is 59.1 Å². The highest BCUT2D eigenvalue weighted by atomic mass is 35.5. The van der Waals surface area contributed by atoms with Crippen LogP contribution in [-0.4, -0.2) is 57.4 Å². The van der Waals surface area contributed by atoms with Crippen molar-refractivity contribution in [3.05, 3.63) is 53.1 Å². The molecule has 30 heavy (non-hydrogen) atoms. The fourth-order valence-corrected chi connectivity index (χ4v) is 4.02. The van der Waals surface area contributed by atoms with Crippen LogP contribution in [0.3, 0.4) is 0 Å². The number of anilines is 1. The SMILES string of the molecule is O=C1NC(=O)C(Nc2ccc(CCN(CCO)C(=O)O)c(-c3cccc(Cl)c3)c2)S1. The minimum Gasteiger partial charge on any atom is -0.465 e. The van der Waals surface area contributed by atoms with Gasteiger partial charge < -0.3 is 20.4 Å². The van der Waals surface area contributed by atoms with E-state index in [1.165, 1.54) is 0 Å². The van der Waals surface area contributed by atoms with Gasteiger partial charge in [0.05, 0.1) is 6.61 Å². The Labute approximate surface area is 182 Å². The van der Waals surface area contributed by atoms with Crippen molar-refractivity contribution >= 4 is 46.3 Å². The van der Waals surface area contributed by atoms with Gasteiger partial charge in [0.1, 0.15) is 0 Å². The molecular formula is C20H20ClN3O5S. The Morgan fingerprint density at radius 1 is 1.20 bits per heavy atom. The summed E-state index contributed by atoms with van der Waals surface area (Å²) in [6.07, 6.45) is -0.674. The highest BCUT2D eigenvalue weighted by Gasteiger charge is 2.31. The molecule has 0 spiro atoms. The lowest BCUT2D eigenvalue weighted by Crippen LogP contribution is -2.34. The van der Waals surface area contributed by atoms with Crippen LogP contribution in [-0.2, 0) is 11.2 Å². The van der Waals surface area contributed by atoms with E-state index in [0.717, 1.165) is 33.4 Å². The van der Waals surface area contributed by atoms with Crippen LogP contribution in [0.4, 0.5) is 15.3 Å². The molecule has 2 aromatic carbocycles. The summed E-state index contributed by atoms with van der Waals surface area (Å²) in [6, 6.07) is 12.7. The van der Waals surface area contributed by atoms with Crippen LogP contribution >= 0.6 is 23.4 Å². The van der Waals surface area contributed by atoms with Gasteiger partial charge in [0, 0.05) is 23.8 Å². The predicted octanol–water partition coefficient (Wildman–Crippen LogP) is 3.24. The molecular weight excluding hydrogens is 430 g/mol. The third kappa shape index (κ3) is 5.44. The molecule has 1 heterocycles. The molecule has 1 saturated heterocycles. The molecule has 1 fully saturated rings. The largest absolute Gasteiger partial charge is 0.465 e. The van der Waals surface area contributed by atoms with Gasteiger partial charge in [0.25, 0.3) is 11.1 Å². The zero-order valence-electron chi connectivity index (χ0n) is 15.8. The number of nitrogens with one attached hydrogen (secondary N) is 2. The molecule has 2 aromatic rings. The number of carboxylic acid groups (broad SMARTS) is 1. The number of imide groups is 1.